The second kappa shape index (κ2) is 9.01. The van der Waals surface area contributed by atoms with E-state index in [0.29, 0.717) is 32.1 Å². The van der Waals surface area contributed by atoms with Gasteiger partial charge in [-0.1, -0.05) is 6.32 Å². The van der Waals surface area contributed by atoms with Crippen LogP contribution in [0.2, 0.25) is 6.32 Å². The maximum atomic E-state index is 11.8. The maximum Gasteiger partial charge on any atom is 0.326 e. The van der Waals surface area contributed by atoms with Gasteiger partial charge in [0, 0.05) is 19.5 Å². The Hall–Kier alpha value is -1.08. The molecule has 0 aliphatic carbocycles. The Balaban J connectivity index is 4.68. The largest absolute Gasteiger partial charge is 0.480 e. The Morgan fingerprint density at radius 3 is 2.35 bits per heavy atom. The molecule has 0 saturated carbocycles. The van der Waals surface area contributed by atoms with Gasteiger partial charge in [-0.05, 0) is 19.4 Å². The van der Waals surface area contributed by atoms with Crippen LogP contribution in [0.5, 0.6) is 0 Å². The average molecular weight is 243 g/mol. The minimum atomic E-state index is -0.989. The minimum Gasteiger partial charge on any atom is -0.480 e. The molecule has 0 aliphatic heterocycles. The van der Waals surface area contributed by atoms with E-state index in [1.165, 1.54) is 4.90 Å². The quantitative estimate of drug-likeness (QED) is 0.423. The van der Waals surface area contributed by atoms with Crippen molar-refractivity contribution >= 4 is 19.7 Å². The first-order valence-electron chi connectivity index (χ1n) is 6.00. The number of aliphatic carboxylic acids is 1. The summed E-state index contributed by atoms with van der Waals surface area (Å²) in [5, 5.41) is 9.14. The molecule has 7 heteroatoms. The molecule has 6 nitrogen and oxygen atoms in total. The molecule has 0 rings (SSSR count). The molecule has 0 aliphatic rings. The maximum absolute atomic E-state index is 11.8. The van der Waals surface area contributed by atoms with E-state index in [-0.39, 0.29) is 19.0 Å². The summed E-state index contributed by atoms with van der Waals surface area (Å²) in [6, 6.07) is -0.804. The third-order valence-electron chi connectivity index (χ3n) is 2.50. The van der Waals surface area contributed by atoms with E-state index in [0.717, 1.165) is 0 Å². The second-order valence-corrected chi connectivity index (χ2v) is 3.91. The van der Waals surface area contributed by atoms with Crippen LogP contribution in [0.15, 0.2) is 0 Å². The van der Waals surface area contributed by atoms with Crippen molar-refractivity contribution in [1.29, 1.82) is 0 Å². The van der Waals surface area contributed by atoms with Crippen molar-refractivity contribution in [3.05, 3.63) is 0 Å². The van der Waals surface area contributed by atoms with Crippen LogP contribution in [0.25, 0.3) is 0 Å². The van der Waals surface area contributed by atoms with Crippen molar-refractivity contribution < 1.29 is 14.7 Å². The van der Waals surface area contributed by atoms with Gasteiger partial charge in [-0.25, -0.2) is 4.79 Å². The van der Waals surface area contributed by atoms with Crippen LogP contribution in [0.1, 0.15) is 19.3 Å². The molecule has 0 radical (unpaired) electrons. The van der Waals surface area contributed by atoms with E-state index >= 15 is 0 Å². The summed E-state index contributed by atoms with van der Waals surface area (Å²) < 4.78 is 0. The van der Waals surface area contributed by atoms with Crippen molar-refractivity contribution in [1.82, 2.24) is 4.90 Å². The summed E-state index contributed by atoms with van der Waals surface area (Å²) >= 11 is 0. The third kappa shape index (κ3) is 5.69. The fourth-order valence-electron chi connectivity index (χ4n) is 1.67. The number of rotatable bonds is 9. The molecule has 98 valence electrons. The molecule has 0 heterocycles. The molecule has 5 N–H and O–H groups in total. The number of amides is 1. The molecule has 1 atom stereocenters. The van der Waals surface area contributed by atoms with Gasteiger partial charge in [0.15, 0.2) is 0 Å². The summed E-state index contributed by atoms with van der Waals surface area (Å²) in [4.78, 5) is 24.3. The fourth-order valence-corrected chi connectivity index (χ4v) is 1.67. The van der Waals surface area contributed by atoms with Crippen LogP contribution in [0.4, 0.5) is 0 Å². The Kier molecular flexibility index (Phi) is 8.44. The van der Waals surface area contributed by atoms with Gasteiger partial charge in [0.1, 0.15) is 13.9 Å². The normalized spacial score (nSPS) is 12.1. The Labute approximate surface area is 103 Å². The van der Waals surface area contributed by atoms with Gasteiger partial charge in [-0.15, -0.1) is 0 Å². The Morgan fingerprint density at radius 1 is 1.29 bits per heavy atom. The standard InChI is InChI=1S/C10H22BN3O3/c11-4-3-9(15)14(7-6-13)8(10(16)17)2-1-5-12/h8H,1-7,11-13H2,(H,16,17). The number of nitrogens with two attached hydrogens (primary N) is 2. The summed E-state index contributed by atoms with van der Waals surface area (Å²) in [5.41, 5.74) is 10.8. The highest BCUT2D eigenvalue weighted by Gasteiger charge is 2.27. The number of carboxylic acid groups (broad SMARTS) is 1. The van der Waals surface area contributed by atoms with Crippen molar-refractivity contribution in [2.45, 2.75) is 31.6 Å². The van der Waals surface area contributed by atoms with Gasteiger partial charge in [0.25, 0.3) is 0 Å². The Bertz CT molecular complexity index is 251. The molecule has 1 unspecified atom stereocenters. The fraction of sp³-hybridized carbons (Fsp3) is 0.800. The molecule has 0 fully saturated rings. The number of nitrogens with zero attached hydrogens (tertiary/aromatic N) is 1. The van der Waals surface area contributed by atoms with Crippen molar-refractivity contribution in [3.63, 3.8) is 0 Å². The molecule has 17 heavy (non-hydrogen) atoms. The molecule has 0 bridgehead atoms. The lowest BCUT2D eigenvalue weighted by Gasteiger charge is -2.28. The number of carboxylic acids is 1. The first-order valence-corrected chi connectivity index (χ1v) is 6.00. The summed E-state index contributed by atoms with van der Waals surface area (Å²) in [6.07, 6.45) is 2.01. The summed E-state index contributed by atoms with van der Waals surface area (Å²) in [7, 11) is 1.88. The van der Waals surface area contributed by atoms with Gasteiger partial charge >= 0.3 is 5.97 Å². The van der Waals surface area contributed by atoms with Crippen LogP contribution in [-0.2, 0) is 9.59 Å². The number of hydrogen-bond acceptors (Lipinski definition) is 4. The van der Waals surface area contributed by atoms with E-state index in [2.05, 4.69) is 0 Å². The highest BCUT2D eigenvalue weighted by molar-refractivity contribution is 6.10. The van der Waals surface area contributed by atoms with E-state index in [9.17, 15) is 9.59 Å². The van der Waals surface area contributed by atoms with Crippen LogP contribution >= 0.6 is 0 Å². The SMILES string of the molecule is BCCC(=O)N(CCN)C(CCCN)C(=O)O. The smallest absolute Gasteiger partial charge is 0.326 e. The lowest BCUT2D eigenvalue weighted by molar-refractivity contribution is -0.150. The van der Waals surface area contributed by atoms with Crippen molar-refractivity contribution in [3.8, 4) is 0 Å². The molecule has 0 aromatic carbocycles. The van der Waals surface area contributed by atoms with Crippen LogP contribution in [0.3, 0.4) is 0 Å². The molecule has 1 amide bonds. The predicted octanol–water partition coefficient (Wildman–Crippen LogP) is -1.59. The topological polar surface area (TPSA) is 110 Å². The first-order chi connectivity index (χ1) is 8.08. The van der Waals surface area contributed by atoms with Crippen molar-refractivity contribution in [2.24, 2.45) is 11.5 Å². The molecule has 0 aromatic heterocycles. The van der Waals surface area contributed by atoms with Crippen LogP contribution in [0, 0.1) is 0 Å². The highest BCUT2D eigenvalue weighted by Crippen LogP contribution is 2.10. The number of hydrogen-bond donors (Lipinski definition) is 3. The molecule has 0 aromatic rings. The van der Waals surface area contributed by atoms with Crippen LogP contribution < -0.4 is 11.5 Å². The molecular formula is C10H22BN3O3. The lowest BCUT2D eigenvalue weighted by Crippen LogP contribution is -2.47. The second-order valence-electron chi connectivity index (χ2n) is 3.91. The number of carbonyl (C=O) groups excluding carboxylic acids is 1. The summed E-state index contributed by atoms with van der Waals surface area (Å²) in [5.74, 6) is -1.14. The zero-order valence-electron chi connectivity index (χ0n) is 10.4. The number of carbonyl (C=O) groups is 2. The zero-order valence-corrected chi connectivity index (χ0v) is 10.4. The summed E-state index contributed by atoms with van der Waals surface area (Å²) in [6.45, 7) is 0.963. The Morgan fingerprint density at radius 2 is 1.94 bits per heavy atom. The molecule has 0 saturated heterocycles. The lowest BCUT2D eigenvalue weighted by atomic mass is 10.0. The highest BCUT2D eigenvalue weighted by atomic mass is 16.4. The van der Waals surface area contributed by atoms with Gasteiger partial charge in [-0.2, -0.15) is 0 Å². The van der Waals surface area contributed by atoms with E-state index in [1.54, 1.807) is 0 Å². The monoisotopic (exact) mass is 243 g/mol. The van der Waals surface area contributed by atoms with E-state index < -0.39 is 12.0 Å². The molecule has 0 spiro atoms. The van der Waals surface area contributed by atoms with E-state index in [1.807, 2.05) is 7.85 Å². The van der Waals surface area contributed by atoms with Gasteiger partial charge < -0.3 is 21.5 Å². The first kappa shape index (κ1) is 15.9. The van der Waals surface area contributed by atoms with E-state index in [4.69, 9.17) is 16.6 Å². The van der Waals surface area contributed by atoms with Crippen molar-refractivity contribution in [2.75, 3.05) is 19.6 Å². The average Bonchev–Trinajstić information content (AvgIpc) is 2.28. The minimum absolute atomic E-state index is 0.151. The third-order valence-corrected chi connectivity index (χ3v) is 2.50. The zero-order chi connectivity index (χ0) is 13.3. The predicted molar refractivity (Wildman–Crippen MR) is 68.4 cm³/mol. The molecular weight excluding hydrogens is 221 g/mol. The van der Waals surface area contributed by atoms with Crippen LogP contribution in [-0.4, -0.2) is 55.4 Å². The van der Waals surface area contributed by atoms with Gasteiger partial charge in [-0.3, -0.25) is 4.79 Å². The van der Waals surface area contributed by atoms with Gasteiger partial charge in [0.05, 0.1) is 0 Å². The van der Waals surface area contributed by atoms with Gasteiger partial charge in [0.2, 0.25) is 5.91 Å².